The molecule has 0 aliphatic carbocycles. The maximum Gasteiger partial charge on any atom is 0.341 e. The number of aryl methyl sites for hydroxylation is 1. The Morgan fingerprint density at radius 1 is 1.40 bits per heavy atom. The van der Waals surface area contributed by atoms with Crippen LogP contribution in [0.3, 0.4) is 0 Å². The van der Waals surface area contributed by atoms with Gasteiger partial charge in [0.15, 0.2) is 0 Å². The summed E-state index contributed by atoms with van der Waals surface area (Å²) in [5, 5.41) is 18.5. The number of nitrogens with zero attached hydrogens (tertiary/aromatic N) is 4. The molecule has 3 aromatic heterocycles. The van der Waals surface area contributed by atoms with E-state index in [0.717, 1.165) is 16.8 Å². The number of carbonyl (C=O) groups excluding carboxylic acids is 1. The first-order chi connectivity index (χ1) is 12.0. The van der Waals surface area contributed by atoms with Gasteiger partial charge in [-0.05, 0) is 24.6 Å². The van der Waals surface area contributed by atoms with E-state index in [1.807, 2.05) is 25.3 Å². The topological polar surface area (TPSA) is 90.9 Å². The lowest BCUT2D eigenvalue weighted by atomic mass is 10.1. The van der Waals surface area contributed by atoms with Crippen molar-refractivity contribution >= 4 is 11.5 Å². The Balaban J connectivity index is 1.96. The third-order valence-electron chi connectivity index (χ3n) is 3.94. The van der Waals surface area contributed by atoms with E-state index in [9.17, 15) is 9.90 Å². The highest BCUT2D eigenvalue weighted by molar-refractivity contribution is 5.97. The molecule has 0 aliphatic heterocycles. The van der Waals surface area contributed by atoms with Crippen molar-refractivity contribution < 1.29 is 19.4 Å². The normalized spacial score (nSPS) is 12.5. The molecule has 0 spiro atoms. The lowest BCUT2D eigenvalue weighted by molar-refractivity contribution is 0.0513. The average Bonchev–Trinajstić information content (AvgIpc) is 3.17. The smallest absolute Gasteiger partial charge is 0.341 e. The third-order valence-corrected chi connectivity index (χ3v) is 3.94. The van der Waals surface area contributed by atoms with Crippen LogP contribution < -0.4 is 0 Å². The van der Waals surface area contributed by atoms with Gasteiger partial charge in [-0.15, -0.1) is 0 Å². The fraction of sp³-hybridized carbons (Fsp3) is 0.353. The van der Waals surface area contributed by atoms with E-state index in [-0.39, 0.29) is 6.61 Å². The molecule has 1 atom stereocenters. The molecule has 132 valence electrons. The lowest BCUT2D eigenvalue weighted by Gasteiger charge is -2.08. The van der Waals surface area contributed by atoms with Gasteiger partial charge in [0.1, 0.15) is 5.56 Å². The standard InChI is InChI=1S/C17H20N4O4/c1-11-15(9-20(19-11)8-13(22)10-24-2)12-4-5-21-16(6-12)14(7-18-21)17(23)25-3/h4-7,9,13,22H,8,10H2,1-3H3/t13-/m1/s1. The van der Waals surface area contributed by atoms with Crippen LogP contribution in [0.4, 0.5) is 0 Å². The SMILES string of the molecule is COC[C@H](O)Cn1cc(-c2ccn3ncc(C(=O)OC)c3c2)c(C)n1. The van der Waals surface area contributed by atoms with Crippen molar-refractivity contribution in [2.45, 2.75) is 19.6 Å². The van der Waals surface area contributed by atoms with Gasteiger partial charge < -0.3 is 14.6 Å². The summed E-state index contributed by atoms with van der Waals surface area (Å²) in [6, 6.07) is 3.78. The number of methoxy groups -OCH3 is 2. The molecule has 0 fully saturated rings. The predicted molar refractivity (Wildman–Crippen MR) is 90.4 cm³/mol. The maximum absolute atomic E-state index is 11.9. The molecule has 0 unspecified atom stereocenters. The second kappa shape index (κ2) is 7.04. The van der Waals surface area contributed by atoms with Gasteiger partial charge in [0, 0.05) is 25.1 Å². The van der Waals surface area contributed by atoms with Gasteiger partial charge in [-0.3, -0.25) is 4.68 Å². The van der Waals surface area contributed by atoms with Crippen molar-refractivity contribution in [3.8, 4) is 11.1 Å². The number of pyridine rings is 1. The summed E-state index contributed by atoms with van der Waals surface area (Å²) in [5.74, 6) is -0.428. The molecule has 0 saturated heterocycles. The fourth-order valence-electron chi connectivity index (χ4n) is 2.77. The van der Waals surface area contributed by atoms with Crippen molar-refractivity contribution in [3.63, 3.8) is 0 Å². The molecule has 0 aliphatic rings. The molecule has 0 aromatic carbocycles. The van der Waals surface area contributed by atoms with Gasteiger partial charge in [0.2, 0.25) is 0 Å². The van der Waals surface area contributed by atoms with Crippen LogP contribution >= 0.6 is 0 Å². The molecular weight excluding hydrogens is 324 g/mol. The van der Waals surface area contributed by atoms with Gasteiger partial charge in [-0.25, -0.2) is 9.31 Å². The average molecular weight is 344 g/mol. The lowest BCUT2D eigenvalue weighted by Crippen LogP contribution is -2.21. The number of aliphatic hydroxyl groups excluding tert-OH is 1. The number of esters is 1. The van der Waals surface area contributed by atoms with Crippen LogP contribution in [-0.2, 0) is 16.0 Å². The van der Waals surface area contributed by atoms with Crippen molar-refractivity contribution in [1.82, 2.24) is 19.4 Å². The first kappa shape index (κ1) is 17.1. The van der Waals surface area contributed by atoms with E-state index >= 15 is 0 Å². The molecule has 0 bridgehead atoms. The molecule has 8 heteroatoms. The minimum Gasteiger partial charge on any atom is -0.465 e. The van der Waals surface area contributed by atoms with E-state index < -0.39 is 12.1 Å². The zero-order valence-corrected chi connectivity index (χ0v) is 14.3. The van der Waals surface area contributed by atoms with Crippen LogP contribution in [0.25, 0.3) is 16.6 Å². The van der Waals surface area contributed by atoms with Crippen LogP contribution in [-0.4, -0.2) is 57.4 Å². The summed E-state index contributed by atoms with van der Waals surface area (Å²) in [6.45, 7) is 2.49. The highest BCUT2D eigenvalue weighted by Crippen LogP contribution is 2.25. The molecule has 3 heterocycles. The zero-order valence-electron chi connectivity index (χ0n) is 14.3. The van der Waals surface area contributed by atoms with E-state index in [1.54, 1.807) is 22.5 Å². The minimum absolute atomic E-state index is 0.249. The number of fused-ring (bicyclic) bond motifs is 1. The van der Waals surface area contributed by atoms with Crippen molar-refractivity contribution in [1.29, 1.82) is 0 Å². The molecular formula is C17H20N4O4. The molecule has 0 amide bonds. The number of rotatable bonds is 6. The van der Waals surface area contributed by atoms with Gasteiger partial charge in [-0.2, -0.15) is 10.2 Å². The van der Waals surface area contributed by atoms with Crippen LogP contribution in [0.15, 0.2) is 30.7 Å². The van der Waals surface area contributed by atoms with Crippen LogP contribution in [0.5, 0.6) is 0 Å². The zero-order chi connectivity index (χ0) is 18.0. The number of hydrogen-bond donors (Lipinski definition) is 1. The Labute approximate surface area is 144 Å². The molecule has 8 nitrogen and oxygen atoms in total. The Morgan fingerprint density at radius 3 is 2.92 bits per heavy atom. The predicted octanol–water partition coefficient (Wildman–Crippen LogP) is 1.30. The highest BCUT2D eigenvalue weighted by Gasteiger charge is 2.16. The van der Waals surface area contributed by atoms with Gasteiger partial charge in [-0.1, -0.05) is 0 Å². The van der Waals surface area contributed by atoms with Gasteiger partial charge in [0.05, 0.1) is 43.8 Å². The van der Waals surface area contributed by atoms with Gasteiger partial charge >= 0.3 is 5.97 Å². The Bertz CT molecular complexity index is 899. The summed E-state index contributed by atoms with van der Waals surface area (Å²) >= 11 is 0. The summed E-state index contributed by atoms with van der Waals surface area (Å²) in [4.78, 5) is 11.9. The number of hydrogen-bond acceptors (Lipinski definition) is 6. The third kappa shape index (κ3) is 3.40. The largest absolute Gasteiger partial charge is 0.465 e. The van der Waals surface area contributed by atoms with Crippen LogP contribution in [0, 0.1) is 6.92 Å². The first-order valence-electron chi connectivity index (χ1n) is 7.80. The maximum atomic E-state index is 11.9. The molecule has 0 saturated carbocycles. The van der Waals surface area contributed by atoms with Crippen LogP contribution in [0.1, 0.15) is 16.1 Å². The Hall–Kier alpha value is -2.71. The van der Waals surface area contributed by atoms with E-state index in [0.29, 0.717) is 17.6 Å². The Morgan fingerprint density at radius 2 is 2.20 bits per heavy atom. The van der Waals surface area contributed by atoms with Gasteiger partial charge in [0.25, 0.3) is 0 Å². The molecule has 3 aromatic rings. The molecule has 0 radical (unpaired) electrons. The molecule has 1 N–H and O–H groups in total. The number of aromatic nitrogens is 4. The summed E-state index contributed by atoms with van der Waals surface area (Å²) in [5.41, 5.74) is 3.72. The van der Waals surface area contributed by atoms with E-state index in [1.165, 1.54) is 13.3 Å². The Kier molecular flexibility index (Phi) is 4.82. The van der Waals surface area contributed by atoms with E-state index in [2.05, 4.69) is 10.2 Å². The monoisotopic (exact) mass is 344 g/mol. The highest BCUT2D eigenvalue weighted by atomic mass is 16.5. The quantitative estimate of drug-likeness (QED) is 0.678. The second-order valence-corrected chi connectivity index (χ2v) is 5.75. The van der Waals surface area contributed by atoms with E-state index in [4.69, 9.17) is 9.47 Å². The number of aliphatic hydroxyl groups is 1. The second-order valence-electron chi connectivity index (χ2n) is 5.75. The number of ether oxygens (including phenoxy) is 2. The van der Waals surface area contributed by atoms with Crippen LogP contribution in [0.2, 0.25) is 0 Å². The summed E-state index contributed by atoms with van der Waals surface area (Å²) in [7, 11) is 2.89. The number of carbonyl (C=O) groups is 1. The minimum atomic E-state index is -0.625. The summed E-state index contributed by atoms with van der Waals surface area (Å²) < 4.78 is 13.0. The summed E-state index contributed by atoms with van der Waals surface area (Å²) in [6.07, 6.45) is 4.52. The van der Waals surface area contributed by atoms with Crippen molar-refractivity contribution in [2.75, 3.05) is 20.8 Å². The fourth-order valence-corrected chi connectivity index (χ4v) is 2.77. The molecule has 25 heavy (non-hydrogen) atoms. The van der Waals surface area contributed by atoms with Crippen molar-refractivity contribution in [2.24, 2.45) is 0 Å². The van der Waals surface area contributed by atoms with Crippen molar-refractivity contribution in [3.05, 3.63) is 42.0 Å². The molecule has 3 rings (SSSR count). The first-order valence-corrected chi connectivity index (χ1v) is 7.80.